The number of anilines is 3. The van der Waals surface area contributed by atoms with Crippen molar-refractivity contribution in [2.75, 3.05) is 34.8 Å². The summed E-state index contributed by atoms with van der Waals surface area (Å²) in [6, 6.07) is 18.8. The minimum atomic E-state index is -0.423. The van der Waals surface area contributed by atoms with Crippen LogP contribution in [0.3, 0.4) is 0 Å². The Bertz CT molecular complexity index is 1230. The zero-order chi connectivity index (χ0) is 23.8. The van der Waals surface area contributed by atoms with Crippen LogP contribution in [-0.4, -0.2) is 36.5 Å². The number of benzene rings is 3. The van der Waals surface area contributed by atoms with E-state index >= 15 is 0 Å². The number of nitro benzene ring substituents is 1. The lowest BCUT2D eigenvalue weighted by Crippen LogP contribution is -2.60. The molecule has 0 bridgehead atoms. The van der Waals surface area contributed by atoms with Crippen molar-refractivity contribution in [2.45, 2.75) is 19.4 Å². The molecule has 3 aromatic rings. The normalized spacial score (nSPS) is 19.2. The number of nitrogens with one attached hydrogen (secondary N) is 1. The number of nitrogens with zero attached hydrogens (tertiary/aromatic N) is 3. The van der Waals surface area contributed by atoms with Crippen molar-refractivity contribution < 1.29 is 14.1 Å². The highest BCUT2D eigenvalue weighted by atomic mass is 19.1. The highest BCUT2D eigenvalue weighted by molar-refractivity contribution is 5.94. The number of carbonyl (C=O) groups is 1. The Labute approximate surface area is 197 Å². The van der Waals surface area contributed by atoms with Crippen LogP contribution in [0.25, 0.3) is 0 Å². The van der Waals surface area contributed by atoms with Crippen LogP contribution in [0, 0.1) is 28.8 Å². The lowest BCUT2D eigenvalue weighted by Gasteiger charge is -2.49. The van der Waals surface area contributed by atoms with E-state index in [1.165, 1.54) is 35.9 Å². The third kappa shape index (κ3) is 4.19. The number of carbonyl (C=O) groups excluding carboxylic acids is 1. The van der Waals surface area contributed by atoms with Crippen molar-refractivity contribution in [1.82, 2.24) is 0 Å². The highest BCUT2D eigenvalue weighted by Gasteiger charge is 2.42. The first-order valence-corrected chi connectivity index (χ1v) is 11.3. The van der Waals surface area contributed by atoms with Crippen LogP contribution in [0.2, 0.25) is 0 Å². The van der Waals surface area contributed by atoms with Crippen LogP contribution in [-0.2, 0) is 11.2 Å². The summed E-state index contributed by atoms with van der Waals surface area (Å²) < 4.78 is 13.3. The molecule has 0 aromatic heterocycles. The van der Waals surface area contributed by atoms with Crippen LogP contribution in [0.5, 0.6) is 0 Å². The molecule has 0 radical (unpaired) electrons. The lowest BCUT2D eigenvalue weighted by molar-refractivity contribution is -0.384. The van der Waals surface area contributed by atoms with Gasteiger partial charge in [0.1, 0.15) is 5.82 Å². The molecule has 34 heavy (non-hydrogen) atoms. The van der Waals surface area contributed by atoms with Gasteiger partial charge < -0.3 is 15.1 Å². The van der Waals surface area contributed by atoms with Crippen LogP contribution >= 0.6 is 0 Å². The summed E-state index contributed by atoms with van der Waals surface area (Å²) in [5.41, 5.74) is 4.59. The van der Waals surface area contributed by atoms with Gasteiger partial charge in [-0.15, -0.1) is 0 Å². The molecule has 174 valence electrons. The first-order valence-electron chi connectivity index (χ1n) is 11.3. The van der Waals surface area contributed by atoms with E-state index in [0.29, 0.717) is 25.2 Å². The molecule has 5 rings (SSSR count). The fourth-order valence-corrected chi connectivity index (χ4v) is 4.98. The van der Waals surface area contributed by atoms with Gasteiger partial charge in [-0.3, -0.25) is 14.9 Å². The molecule has 1 N–H and O–H groups in total. The Morgan fingerprint density at radius 2 is 1.79 bits per heavy atom. The van der Waals surface area contributed by atoms with Crippen LogP contribution < -0.4 is 15.1 Å². The van der Waals surface area contributed by atoms with Crippen molar-refractivity contribution in [3.05, 3.63) is 93.8 Å². The van der Waals surface area contributed by atoms with Crippen molar-refractivity contribution in [2.24, 2.45) is 5.92 Å². The Morgan fingerprint density at radius 1 is 1.06 bits per heavy atom. The SMILES string of the molecule is Cc1ccc(N2CCN3c4ccc([N+](=O)[O-])cc4C[C@@H](C(=O)Nc4ccc(F)cc4)[C@@H]3C2)cc1. The van der Waals surface area contributed by atoms with Gasteiger partial charge in [0.15, 0.2) is 0 Å². The van der Waals surface area contributed by atoms with Crippen LogP contribution in [0.15, 0.2) is 66.7 Å². The van der Waals surface area contributed by atoms with E-state index < -0.39 is 10.8 Å². The van der Waals surface area contributed by atoms with Crippen LogP contribution in [0.1, 0.15) is 11.1 Å². The van der Waals surface area contributed by atoms with Crippen molar-refractivity contribution in [1.29, 1.82) is 0 Å². The monoisotopic (exact) mass is 460 g/mol. The highest BCUT2D eigenvalue weighted by Crippen LogP contribution is 2.39. The van der Waals surface area contributed by atoms with Gasteiger partial charge >= 0.3 is 0 Å². The fraction of sp³-hybridized carbons (Fsp3) is 0.269. The van der Waals surface area contributed by atoms with Gasteiger partial charge in [0.25, 0.3) is 5.69 Å². The summed E-state index contributed by atoms with van der Waals surface area (Å²) in [7, 11) is 0. The molecule has 1 amide bonds. The summed E-state index contributed by atoms with van der Waals surface area (Å²) in [4.78, 5) is 28.9. The maximum absolute atomic E-state index is 13.4. The minimum Gasteiger partial charge on any atom is -0.368 e. The quantitative estimate of drug-likeness (QED) is 0.457. The maximum atomic E-state index is 13.4. The van der Waals surface area contributed by atoms with E-state index in [9.17, 15) is 19.3 Å². The number of aryl methyl sites for hydroxylation is 1. The third-order valence-electron chi connectivity index (χ3n) is 6.75. The smallest absolute Gasteiger partial charge is 0.269 e. The second kappa shape index (κ2) is 8.78. The van der Waals surface area contributed by atoms with E-state index in [1.54, 1.807) is 12.1 Å². The van der Waals surface area contributed by atoms with E-state index in [0.717, 1.165) is 23.5 Å². The number of hydrogen-bond donors (Lipinski definition) is 1. The zero-order valence-corrected chi connectivity index (χ0v) is 18.8. The van der Waals surface area contributed by atoms with Gasteiger partial charge in [-0.1, -0.05) is 17.7 Å². The standard InChI is InChI=1S/C26H25FN4O3/c1-17-2-8-21(9-3-17)29-12-13-30-24-11-10-22(31(33)34)14-18(24)15-23(25(30)16-29)26(32)28-20-6-4-19(27)5-7-20/h2-11,14,23,25H,12-13,15-16H2,1H3,(H,28,32)/t23-,25+/m1/s1. The number of halogens is 1. The van der Waals surface area contributed by atoms with Crippen molar-refractivity contribution >= 4 is 28.7 Å². The van der Waals surface area contributed by atoms with Crippen molar-refractivity contribution in [3.8, 4) is 0 Å². The molecule has 1 fully saturated rings. The number of amides is 1. The predicted octanol–water partition coefficient (Wildman–Crippen LogP) is 4.55. The predicted molar refractivity (Wildman–Crippen MR) is 130 cm³/mol. The second-order valence-corrected chi connectivity index (χ2v) is 8.92. The average molecular weight is 461 g/mol. The molecule has 2 aliphatic rings. The molecule has 1 saturated heterocycles. The van der Waals surface area contributed by atoms with Gasteiger partial charge in [0.2, 0.25) is 5.91 Å². The summed E-state index contributed by atoms with van der Waals surface area (Å²) in [6.45, 7) is 4.18. The van der Waals surface area contributed by atoms with Crippen molar-refractivity contribution in [3.63, 3.8) is 0 Å². The summed E-state index contributed by atoms with van der Waals surface area (Å²) in [5, 5.41) is 14.3. The zero-order valence-electron chi connectivity index (χ0n) is 18.8. The van der Waals surface area contributed by atoms with Gasteiger partial charge in [-0.05, 0) is 61.4 Å². The van der Waals surface area contributed by atoms with Gasteiger partial charge in [0.05, 0.1) is 16.9 Å². The number of piperazine rings is 1. The minimum absolute atomic E-state index is 0.0215. The molecule has 2 atom stereocenters. The average Bonchev–Trinajstić information content (AvgIpc) is 2.84. The molecular formula is C26H25FN4O3. The topological polar surface area (TPSA) is 78.7 Å². The fourth-order valence-electron chi connectivity index (χ4n) is 4.98. The maximum Gasteiger partial charge on any atom is 0.269 e. The first-order chi connectivity index (χ1) is 16.4. The molecule has 0 aliphatic carbocycles. The number of fused-ring (bicyclic) bond motifs is 3. The Kier molecular flexibility index (Phi) is 5.65. The number of hydrogen-bond acceptors (Lipinski definition) is 5. The van der Waals surface area contributed by atoms with Crippen LogP contribution in [0.4, 0.5) is 27.1 Å². The number of nitro groups is 1. The molecule has 0 saturated carbocycles. The first kappa shape index (κ1) is 21.9. The molecule has 7 nitrogen and oxygen atoms in total. The summed E-state index contributed by atoms with van der Waals surface area (Å²) >= 11 is 0. The summed E-state index contributed by atoms with van der Waals surface area (Å²) in [5.74, 6) is -0.971. The van der Waals surface area contributed by atoms with Gasteiger partial charge in [-0.25, -0.2) is 4.39 Å². The van der Waals surface area contributed by atoms with E-state index in [4.69, 9.17) is 0 Å². The second-order valence-electron chi connectivity index (χ2n) is 8.92. The van der Waals surface area contributed by atoms with Gasteiger partial charge in [-0.2, -0.15) is 0 Å². The third-order valence-corrected chi connectivity index (χ3v) is 6.75. The number of non-ortho nitro benzene ring substituents is 1. The summed E-state index contributed by atoms with van der Waals surface area (Å²) in [6.07, 6.45) is 0.396. The Morgan fingerprint density at radius 3 is 2.50 bits per heavy atom. The van der Waals surface area contributed by atoms with E-state index in [-0.39, 0.29) is 23.5 Å². The molecule has 3 aromatic carbocycles. The molecule has 8 heteroatoms. The van der Waals surface area contributed by atoms with E-state index in [1.807, 2.05) is 0 Å². The van der Waals surface area contributed by atoms with Gasteiger partial charge in [0, 0.05) is 48.8 Å². The number of rotatable bonds is 4. The molecule has 0 unspecified atom stereocenters. The molecule has 0 spiro atoms. The lowest BCUT2D eigenvalue weighted by atomic mass is 9.83. The Hall–Kier alpha value is -3.94. The molecule has 2 heterocycles. The largest absolute Gasteiger partial charge is 0.368 e. The molecule has 2 aliphatic heterocycles. The van der Waals surface area contributed by atoms with E-state index in [2.05, 4.69) is 46.3 Å². The molecular weight excluding hydrogens is 435 g/mol. The Balaban J connectivity index is 1.47.